The fourth-order valence-electron chi connectivity index (χ4n) is 1.85. The number of halogens is 1. The number of hydrogen-bond donors (Lipinski definition) is 1. The average Bonchev–Trinajstić information content (AvgIpc) is 2.45. The van der Waals surface area contributed by atoms with E-state index in [1.165, 1.54) is 0 Å². The first-order valence-electron chi connectivity index (χ1n) is 6.78. The molecule has 106 valence electrons. The molecule has 3 nitrogen and oxygen atoms in total. The van der Waals surface area contributed by atoms with Gasteiger partial charge in [0.1, 0.15) is 5.75 Å². The van der Waals surface area contributed by atoms with Crippen molar-refractivity contribution >= 4 is 0 Å². The zero-order valence-electron chi connectivity index (χ0n) is 11.8. The number of nitrogens with one attached hydrogen (secondary N) is 1. The highest BCUT2D eigenvalue weighted by molar-refractivity contribution is 5.35. The quantitative estimate of drug-likeness (QED) is 0.813. The maximum atomic E-state index is 13.9. The van der Waals surface area contributed by atoms with Crippen LogP contribution in [0.1, 0.15) is 24.5 Å². The van der Waals surface area contributed by atoms with Gasteiger partial charge in [-0.1, -0.05) is 19.1 Å². The van der Waals surface area contributed by atoms with E-state index in [1.54, 1.807) is 37.5 Å². The molecule has 0 saturated carbocycles. The second kappa shape index (κ2) is 7.01. The van der Waals surface area contributed by atoms with Crippen LogP contribution in [0, 0.1) is 12.7 Å². The molecular formula is C16H19FN2O. The third-order valence-electron chi connectivity index (χ3n) is 2.91. The number of hydrogen-bond acceptors (Lipinski definition) is 3. The van der Waals surface area contributed by atoms with Gasteiger partial charge >= 0.3 is 0 Å². The highest BCUT2D eigenvalue weighted by Crippen LogP contribution is 2.26. The summed E-state index contributed by atoms with van der Waals surface area (Å²) in [7, 11) is 0. The van der Waals surface area contributed by atoms with E-state index in [0.717, 1.165) is 25.1 Å². The number of pyridine rings is 1. The molecule has 1 heterocycles. The van der Waals surface area contributed by atoms with Crippen LogP contribution in [0.4, 0.5) is 4.39 Å². The summed E-state index contributed by atoms with van der Waals surface area (Å²) in [5.74, 6) is 0.442. The van der Waals surface area contributed by atoms with Crippen LogP contribution in [-0.2, 0) is 6.54 Å². The number of rotatable bonds is 6. The predicted molar refractivity (Wildman–Crippen MR) is 77.4 cm³/mol. The number of benzene rings is 1. The van der Waals surface area contributed by atoms with Crippen molar-refractivity contribution in [1.82, 2.24) is 10.3 Å². The number of aryl methyl sites for hydroxylation is 1. The first-order valence-corrected chi connectivity index (χ1v) is 6.78. The Morgan fingerprint density at radius 1 is 1.30 bits per heavy atom. The Balaban J connectivity index is 2.09. The Kier molecular flexibility index (Phi) is 5.07. The van der Waals surface area contributed by atoms with E-state index in [-0.39, 0.29) is 11.6 Å². The minimum atomic E-state index is -0.331. The molecule has 0 fully saturated rings. The van der Waals surface area contributed by atoms with E-state index in [9.17, 15) is 4.39 Å². The van der Waals surface area contributed by atoms with E-state index in [2.05, 4.69) is 17.2 Å². The van der Waals surface area contributed by atoms with Gasteiger partial charge < -0.3 is 10.1 Å². The third-order valence-corrected chi connectivity index (χ3v) is 2.91. The van der Waals surface area contributed by atoms with Crippen molar-refractivity contribution in [2.45, 2.75) is 26.8 Å². The molecule has 1 N–H and O–H groups in total. The average molecular weight is 274 g/mol. The summed E-state index contributed by atoms with van der Waals surface area (Å²) in [5, 5.41) is 3.29. The van der Waals surface area contributed by atoms with Gasteiger partial charge in [-0.25, -0.2) is 4.39 Å². The van der Waals surface area contributed by atoms with E-state index in [0.29, 0.717) is 11.3 Å². The summed E-state index contributed by atoms with van der Waals surface area (Å²) >= 11 is 0. The molecule has 4 heteroatoms. The topological polar surface area (TPSA) is 34.2 Å². The van der Waals surface area contributed by atoms with E-state index >= 15 is 0 Å². The first kappa shape index (κ1) is 14.5. The van der Waals surface area contributed by atoms with Crippen LogP contribution >= 0.6 is 0 Å². The molecule has 20 heavy (non-hydrogen) atoms. The minimum absolute atomic E-state index is 0.227. The van der Waals surface area contributed by atoms with Gasteiger partial charge in [0.25, 0.3) is 0 Å². The maximum absolute atomic E-state index is 13.9. The van der Waals surface area contributed by atoms with Gasteiger partial charge in [-0.2, -0.15) is 0 Å². The van der Waals surface area contributed by atoms with Gasteiger partial charge in [0, 0.05) is 12.7 Å². The summed E-state index contributed by atoms with van der Waals surface area (Å²) in [6.45, 7) is 5.52. The van der Waals surface area contributed by atoms with Gasteiger partial charge in [0.15, 0.2) is 11.6 Å². The Morgan fingerprint density at radius 3 is 2.95 bits per heavy atom. The van der Waals surface area contributed by atoms with Crippen LogP contribution in [0.15, 0.2) is 36.7 Å². The first-order chi connectivity index (χ1) is 9.70. The molecule has 0 spiro atoms. The summed E-state index contributed by atoms with van der Waals surface area (Å²) in [5.41, 5.74) is 1.58. The molecule has 1 aromatic heterocycles. The van der Waals surface area contributed by atoms with Crippen LogP contribution in [0.3, 0.4) is 0 Å². The minimum Gasteiger partial charge on any atom is -0.453 e. The van der Waals surface area contributed by atoms with Crippen molar-refractivity contribution in [2.24, 2.45) is 0 Å². The lowest BCUT2D eigenvalue weighted by atomic mass is 10.2. The third kappa shape index (κ3) is 3.78. The lowest BCUT2D eigenvalue weighted by Crippen LogP contribution is -2.13. The Bertz CT molecular complexity index is 572. The molecular weight excluding hydrogens is 255 g/mol. The van der Waals surface area contributed by atoms with Crippen LogP contribution < -0.4 is 10.1 Å². The molecule has 0 aliphatic carbocycles. The second-order valence-electron chi connectivity index (χ2n) is 4.69. The Labute approximate surface area is 118 Å². The number of ether oxygens (including phenoxy) is 1. The standard InChI is InChI=1S/C16H19FN2O/c1-3-7-18-9-13-8-14(11-19-10-13)20-15-6-4-5-12(2)16(15)17/h4-6,8,10-11,18H,3,7,9H2,1-2H3. The molecule has 0 radical (unpaired) electrons. The predicted octanol–water partition coefficient (Wildman–Crippen LogP) is 3.82. The molecule has 0 aliphatic rings. The molecule has 2 rings (SSSR count). The SMILES string of the molecule is CCCNCc1cncc(Oc2cccc(C)c2F)c1. The van der Waals surface area contributed by atoms with E-state index in [1.807, 2.05) is 6.07 Å². The van der Waals surface area contributed by atoms with Crippen LogP contribution in [-0.4, -0.2) is 11.5 Å². The Hall–Kier alpha value is -1.94. The lowest BCUT2D eigenvalue weighted by Gasteiger charge is -2.09. The summed E-state index contributed by atoms with van der Waals surface area (Å²) in [6, 6.07) is 6.97. The van der Waals surface area contributed by atoms with Crippen molar-refractivity contribution < 1.29 is 9.13 Å². The van der Waals surface area contributed by atoms with Gasteiger partial charge in [-0.3, -0.25) is 4.98 Å². The van der Waals surface area contributed by atoms with E-state index < -0.39 is 0 Å². The molecule has 0 unspecified atom stereocenters. The molecule has 0 aliphatic heterocycles. The second-order valence-corrected chi connectivity index (χ2v) is 4.69. The summed E-state index contributed by atoms with van der Waals surface area (Å²) in [4.78, 5) is 4.12. The monoisotopic (exact) mass is 274 g/mol. The highest BCUT2D eigenvalue weighted by atomic mass is 19.1. The molecule has 0 saturated heterocycles. The number of aromatic nitrogens is 1. The maximum Gasteiger partial charge on any atom is 0.168 e. The zero-order valence-corrected chi connectivity index (χ0v) is 11.8. The van der Waals surface area contributed by atoms with Crippen molar-refractivity contribution in [2.75, 3.05) is 6.54 Å². The zero-order chi connectivity index (χ0) is 14.4. The Morgan fingerprint density at radius 2 is 2.15 bits per heavy atom. The molecule has 0 amide bonds. The summed E-state index contributed by atoms with van der Waals surface area (Å²) < 4.78 is 19.5. The molecule has 1 aromatic carbocycles. The molecule has 0 bridgehead atoms. The lowest BCUT2D eigenvalue weighted by molar-refractivity contribution is 0.437. The largest absolute Gasteiger partial charge is 0.453 e. The fraction of sp³-hybridized carbons (Fsp3) is 0.312. The van der Waals surface area contributed by atoms with E-state index in [4.69, 9.17) is 4.74 Å². The van der Waals surface area contributed by atoms with Crippen molar-refractivity contribution in [3.05, 3.63) is 53.6 Å². The van der Waals surface area contributed by atoms with Crippen molar-refractivity contribution in [3.8, 4) is 11.5 Å². The number of nitrogens with zero attached hydrogens (tertiary/aromatic N) is 1. The molecule has 0 atom stereocenters. The van der Waals surface area contributed by atoms with Gasteiger partial charge in [0.2, 0.25) is 0 Å². The van der Waals surface area contributed by atoms with Crippen molar-refractivity contribution in [1.29, 1.82) is 0 Å². The van der Waals surface area contributed by atoms with Gasteiger partial charge in [0.05, 0.1) is 6.20 Å². The van der Waals surface area contributed by atoms with Crippen LogP contribution in [0.25, 0.3) is 0 Å². The van der Waals surface area contributed by atoms with Crippen LogP contribution in [0.2, 0.25) is 0 Å². The van der Waals surface area contributed by atoms with Crippen LogP contribution in [0.5, 0.6) is 11.5 Å². The smallest absolute Gasteiger partial charge is 0.168 e. The van der Waals surface area contributed by atoms with Crippen molar-refractivity contribution in [3.63, 3.8) is 0 Å². The molecule has 2 aromatic rings. The van der Waals surface area contributed by atoms with Gasteiger partial charge in [-0.05, 0) is 43.1 Å². The highest BCUT2D eigenvalue weighted by Gasteiger charge is 2.07. The summed E-state index contributed by atoms with van der Waals surface area (Å²) in [6.07, 6.45) is 4.45. The van der Waals surface area contributed by atoms with Gasteiger partial charge in [-0.15, -0.1) is 0 Å². The normalized spacial score (nSPS) is 10.6. The fourth-order valence-corrected chi connectivity index (χ4v) is 1.85.